The SMILES string of the molecule is CCOc1cccc2c1N(C)C(C)(C)C=C2. The number of nitrogens with zero attached hydrogens (tertiary/aromatic N) is 1. The number of hydrogen-bond acceptors (Lipinski definition) is 2. The number of likely N-dealkylation sites (N-methyl/N-ethyl adjacent to an activating group) is 1. The lowest BCUT2D eigenvalue weighted by atomic mass is 9.94. The molecule has 0 aromatic heterocycles. The van der Waals surface area contributed by atoms with Gasteiger partial charge in [-0.25, -0.2) is 0 Å². The summed E-state index contributed by atoms with van der Waals surface area (Å²) in [6.45, 7) is 7.13. The van der Waals surface area contributed by atoms with Crippen molar-refractivity contribution in [3.05, 3.63) is 29.8 Å². The number of ether oxygens (including phenoxy) is 1. The van der Waals surface area contributed by atoms with Crippen LogP contribution in [0.4, 0.5) is 5.69 Å². The monoisotopic (exact) mass is 217 g/mol. The van der Waals surface area contributed by atoms with E-state index in [4.69, 9.17) is 4.74 Å². The summed E-state index contributed by atoms with van der Waals surface area (Å²) in [7, 11) is 2.12. The summed E-state index contributed by atoms with van der Waals surface area (Å²) >= 11 is 0. The molecule has 0 fully saturated rings. The second kappa shape index (κ2) is 3.85. The average molecular weight is 217 g/mol. The fourth-order valence-corrected chi connectivity index (χ4v) is 2.00. The number of rotatable bonds is 2. The fourth-order valence-electron chi connectivity index (χ4n) is 2.00. The van der Waals surface area contributed by atoms with Gasteiger partial charge in [0.15, 0.2) is 0 Å². The molecule has 0 amide bonds. The first-order chi connectivity index (χ1) is 7.56. The lowest BCUT2D eigenvalue weighted by molar-refractivity contribution is 0.339. The molecule has 0 saturated heterocycles. The third kappa shape index (κ3) is 1.69. The van der Waals surface area contributed by atoms with Gasteiger partial charge in [-0.05, 0) is 26.8 Å². The van der Waals surface area contributed by atoms with Gasteiger partial charge in [-0.15, -0.1) is 0 Å². The van der Waals surface area contributed by atoms with Gasteiger partial charge in [-0.1, -0.05) is 24.3 Å². The molecule has 1 heterocycles. The molecule has 0 bridgehead atoms. The molecule has 1 aromatic rings. The Morgan fingerprint density at radius 1 is 1.31 bits per heavy atom. The van der Waals surface area contributed by atoms with E-state index in [2.05, 4.69) is 44.0 Å². The van der Waals surface area contributed by atoms with E-state index >= 15 is 0 Å². The highest BCUT2D eigenvalue weighted by molar-refractivity contribution is 5.78. The Bertz CT molecular complexity index is 421. The zero-order valence-corrected chi connectivity index (χ0v) is 10.4. The van der Waals surface area contributed by atoms with Crippen LogP contribution in [0.15, 0.2) is 24.3 Å². The molecule has 0 aliphatic carbocycles. The van der Waals surface area contributed by atoms with Crippen LogP contribution < -0.4 is 9.64 Å². The van der Waals surface area contributed by atoms with Crippen molar-refractivity contribution in [2.24, 2.45) is 0 Å². The van der Waals surface area contributed by atoms with Crippen molar-refractivity contribution in [3.8, 4) is 5.75 Å². The third-order valence-electron chi connectivity index (χ3n) is 3.20. The number of para-hydroxylation sites is 1. The quantitative estimate of drug-likeness (QED) is 0.753. The van der Waals surface area contributed by atoms with E-state index in [0.29, 0.717) is 6.61 Å². The molecule has 2 rings (SSSR count). The molecule has 2 heteroatoms. The Morgan fingerprint density at radius 2 is 2.06 bits per heavy atom. The van der Waals surface area contributed by atoms with Crippen LogP contribution in [0.5, 0.6) is 5.75 Å². The van der Waals surface area contributed by atoms with Gasteiger partial charge < -0.3 is 9.64 Å². The van der Waals surface area contributed by atoms with Crippen molar-refractivity contribution in [1.29, 1.82) is 0 Å². The lowest BCUT2D eigenvalue weighted by Crippen LogP contribution is -2.41. The largest absolute Gasteiger partial charge is 0.492 e. The summed E-state index contributed by atoms with van der Waals surface area (Å²) in [4.78, 5) is 2.27. The van der Waals surface area contributed by atoms with Crippen LogP contribution in [0.1, 0.15) is 26.3 Å². The normalized spacial score (nSPS) is 17.1. The van der Waals surface area contributed by atoms with Gasteiger partial charge in [0.2, 0.25) is 0 Å². The first-order valence-corrected chi connectivity index (χ1v) is 5.75. The van der Waals surface area contributed by atoms with Gasteiger partial charge in [0.05, 0.1) is 17.8 Å². The number of benzene rings is 1. The van der Waals surface area contributed by atoms with E-state index in [0.717, 1.165) is 5.75 Å². The Morgan fingerprint density at radius 3 is 2.75 bits per heavy atom. The van der Waals surface area contributed by atoms with Gasteiger partial charge in [-0.2, -0.15) is 0 Å². The lowest BCUT2D eigenvalue weighted by Gasteiger charge is -2.39. The predicted molar refractivity (Wildman–Crippen MR) is 69.1 cm³/mol. The van der Waals surface area contributed by atoms with Crippen LogP contribution in [0.3, 0.4) is 0 Å². The summed E-state index contributed by atoms with van der Waals surface area (Å²) in [5.74, 6) is 0.972. The molecule has 0 saturated carbocycles. The minimum Gasteiger partial charge on any atom is -0.492 e. The van der Waals surface area contributed by atoms with Crippen LogP contribution in [-0.2, 0) is 0 Å². The maximum atomic E-state index is 5.69. The highest BCUT2D eigenvalue weighted by Gasteiger charge is 2.28. The van der Waals surface area contributed by atoms with E-state index in [1.165, 1.54) is 11.3 Å². The molecule has 16 heavy (non-hydrogen) atoms. The minimum absolute atomic E-state index is 0.0419. The molecule has 86 valence electrons. The van der Waals surface area contributed by atoms with Gasteiger partial charge >= 0.3 is 0 Å². The molecule has 1 aromatic carbocycles. The van der Waals surface area contributed by atoms with Gasteiger partial charge in [0.25, 0.3) is 0 Å². The van der Waals surface area contributed by atoms with Crippen molar-refractivity contribution in [3.63, 3.8) is 0 Å². The first kappa shape index (κ1) is 11.1. The maximum Gasteiger partial charge on any atom is 0.143 e. The number of hydrogen-bond donors (Lipinski definition) is 0. The van der Waals surface area contributed by atoms with Crippen LogP contribution in [0.25, 0.3) is 6.08 Å². The van der Waals surface area contributed by atoms with Crippen molar-refractivity contribution in [2.75, 3.05) is 18.6 Å². The molecule has 0 atom stereocenters. The molecule has 0 spiro atoms. The van der Waals surface area contributed by atoms with Crippen LogP contribution in [-0.4, -0.2) is 19.2 Å². The summed E-state index contributed by atoms with van der Waals surface area (Å²) in [5.41, 5.74) is 2.46. The molecule has 2 nitrogen and oxygen atoms in total. The summed E-state index contributed by atoms with van der Waals surface area (Å²) < 4.78 is 5.69. The third-order valence-corrected chi connectivity index (χ3v) is 3.20. The standard InChI is InChI=1S/C14H19NO/c1-5-16-12-8-6-7-11-9-10-14(2,3)15(4)13(11)12/h6-10H,5H2,1-4H3. The maximum absolute atomic E-state index is 5.69. The van der Waals surface area contributed by atoms with E-state index in [9.17, 15) is 0 Å². The van der Waals surface area contributed by atoms with Crippen molar-refractivity contribution >= 4 is 11.8 Å². The molecule has 0 N–H and O–H groups in total. The molecule has 1 aliphatic rings. The summed E-state index contributed by atoms with van der Waals surface area (Å²) in [6, 6.07) is 6.20. The number of fused-ring (bicyclic) bond motifs is 1. The summed E-state index contributed by atoms with van der Waals surface area (Å²) in [5, 5.41) is 0. The van der Waals surface area contributed by atoms with Crippen LogP contribution >= 0.6 is 0 Å². The smallest absolute Gasteiger partial charge is 0.143 e. The Hall–Kier alpha value is -1.44. The molecular formula is C14H19NO. The minimum atomic E-state index is 0.0419. The zero-order chi connectivity index (χ0) is 11.8. The molecule has 0 radical (unpaired) electrons. The predicted octanol–water partition coefficient (Wildman–Crippen LogP) is 3.33. The Labute approximate surface area is 97.5 Å². The van der Waals surface area contributed by atoms with E-state index < -0.39 is 0 Å². The molecule has 0 unspecified atom stereocenters. The molecular weight excluding hydrogens is 198 g/mol. The van der Waals surface area contributed by atoms with Crippen molar-refractivity contribution < 1.29 is 4.74 Å². The average Bonchev–Trinajstić information content (AvgIpc) is 2.25. The van der Waals surface area contributed by atoms with Crippen molar-refractivity contribution in [1.82, 2.24) is 0 Å². The second-order valence-electron chi connectivity index (χ2n) is 4.67. The van der Waals surface area contributed by atoms with Crippen LogP contribution in [0.2, 0.25) is 0 Å². The van der Waals surface area contributed by atoms with E-state index in [1.807, 2.05) is 19.1 Å². The van der Waals surface area contributed by atoms with Crippen LogP contribution in [0, 0.1) is 0 Å². The number of anilines is 1. The second-order valence-corrected chi connectivity index (χ2v) is 4.67. The van der Waals surface area contributed by atoms with E-state index in [-0.39, 0.29) is 5.54 Å². The zero-order valence-electron chi connectivity index (χ0n) is 10.4. The molecule has 1 aliphatic heterocycles. The topological polar surface area (TPSA) is 12.5 Å². The fraction of sp³-hybridized carbons (Fsp3) is 0.429. The first-order valence-electron chi connectivity index (χ1n) is 5.75. The summed E-state index contributed by atoms with van der Waals surface area (Å²) in [6.07, 6.45) is 4.41. The van der Waals surface area contributed by atoms with Gasteiger partial charge in [0, 0.05) is 12.6 Å². The van der Waals surface area contributed by atoms with E-state index in [1.54, 1.807) is 0 Å². The highest BCUT2D eigenvalue weighted by Crippen LogP contribution is 2.39. The van der Waals surface area contributed by atoms with Gasteiger partial charge in [0.1, 0.15) is 5.75 Å². The van der Waals surface area contributed by atoms with Crippen molar-refractivity contribution in [2.45, 2.75) is 26.3 Å². The van der Waals surface area contributed by atoms with Gasteiger partial charge in [-0.3, -0.25) is 0 Å². The Balaban J connectivity index is 2.53. The Kier molecular flexibility index (Phi) is 2.66. The highest BCUT2D eigenvalue weighted by atomic mass is 16.5.